The van der Waals surface area contributed by atoms with Crippen molar-refractivity contribution < 1.29 is 0 Å². The van der Waals surface area contributed by atoms with E-state index in [4.69, 9.17) is 0 Å². The molecule has 0 atom stereocenters. The van der Waals surface area contributed by atoms with E-state index in [9.17, 15) is 0 Å². The smallest absolute Gasteiger partial charge is 0.0911 e. The second-order valence-electron chi connectivity index (χ2n) is 10.7. The van der Waals surface area contributed by atoms with Crippen LogP contribution in [0.4, 0.5) is 0 Å². The molecule has 0 aromatic heterocycles. The molecule has 0 amide bonds. The van der Waals surface area contributed by atoms with Crippen molar-refractivity contribution in [3.05, 3.63) is 109 Å². The van der Waals surface area contributed by atoms with Gasteiger partial charge in [-0.1, -0.05) is 142 Å². The summed E-state index contributed by atoms with van der Waals surface area (Å²) >= 11 is 7.80. The highest BCUT2D eigenvalue weighted by molar-refractivity contribution is 8.02. The molecule has 0 bridgehead atoms. The fourth-order valence-electron chi connectivity index (χ4n) is 7.08. The van der Waals surface area contributed by atoms with Gasteiger partial charge in [-0.15, -0.1) is 0 Å². The van der Waals surface area contributed by atoms with Gasteiger partial charge < -0.3 is 0 Å². The van der Waals surface area contributed by atoms with Gasteiger partial charge in [0.2, 0.25) is 13.4 Å². The van der Waals surface area contributed by atoms with Crippen LogP contribution in [0.25, 0.3) is 10.8 Å². The van der Waals surface area contributed by atoms with Gasteiger partial charge in [-0.25, -0.2) is 0 Å². The second kappa shape index (κ2) is 8.33. The van der Waals surface area contributed by atoms with Gasteiger partial charge in [0.05, 0.1) is 0 Å². The quantitative estimate of drug-likeness (QED) is 0.212. The molecule has 0 saturated carbocycles. The average Bonchev–Trinajstić information content (AvgIpc) is 3.00. The van der Waals surface area contributed by atoms with Crippen molar-refractivity contribution in [3.8, 4) is 0 Å². The summed E-state index contributed by atoms with van der Waals surface area (Å²) in [6, 6.07) is 41.5. The normalized spacial score (nSPS) is 15.0. The molecule has 4 aliphatic rings. The van der Waals surface area contributed by atoms with Crippen molar-refractivity contribution >= 4 is 104 Å². The minimum atomic E-state index is 0.290. The summed E-state index contributed by atoms with van der Waals surface area (Å²) in [5, 5.41) is 2.78. The molecule has 0 saturated heterocycles. The molecule has 6 aromatic carbocycles. The summed E-state index contributed by atoms with van der Waals surface area (Å²) in [4.78, 5) is 11.2. The van der Waals surface area contributed by atoms with Gasteiger partial charge in [0.25, 0.3) is 0 Å². The average molecular weight is 576 g/mol. The maximum absolute atomic E-state index is 2.44. The molecule has 4 heterocycles. The fourth-order valence-corrected chi connectivity index (χ4v) is 12.1. The zero-order valence-electron chi connectivity index (χ0n) is 21.2. The number of rotatable bonds is 0. The van der Waals surface area contributed by atoms with Crippen molar-refractivity contribution in [2.75, 3.05) is 0 Å². The van der Waals surface area contributed by atoms with Crippen LogP contribution in [0.5, 0.6) is 0 Å². The summed E-state index contributed by atoms with van der Waals surface area (Å²) in [5.74, 6) is 0. The Morgan fingerprint density at radius 2 is 0.725 bits per heavy atom. The Hall–Kier alpha value is -2.89. The molecule has 0 spiro atoms. The van der Waals surface area contributed by atoms with E-state index < -0.39 is 0 Å². The molecule has 0 N–H and O–H groups in total. The molecule has 6 heteroatoms. The Balaban J connectivity index is 1.23. The Morgan fingerprint density at radius 3 is 1.20 bits per heavy atom. The summed E-state index contributed by atoms with van der Waals surface area (Å²) in [5.41, 5.74) is 8.78. The largest absolute Gasteiger partial charge is 0.247 e. The van der Waals surface area contributed by atoms with Gasteiger partial charge in [-0.05, 0) is 58.1 Å². The van der Waals surface area contributed by atoms with Crippen LogP contribution < -0.4 is 32.8 Å². The lowest BCUT2D eigenvalue weighted by Gasteiger charge is -2.35. The van der Waals surface area contributed by atoms with Crippen LogP contribution in [0.2, 0.25) is 0 Å². The standard InChI is InChI=1S/C34H18B2S4/c1-3-9-25-21(7-1)35-23-17-15-20-19(33(23)39-29-13-5-11-27(37-25)31(29)35)16-18-24-34(20)40-30-14-6-12-28-32(30)36(24)22-8-2-4-10-26(22)38-28/h1-18H. The molecule has 40 heavy (non-hydrogen) atoms. The Bertz CT molecular complexity index is 1950. The SMILES string of the molecule is c1ccc2c(c1)Sc1cccc3c1B2c1ccc2c4c(ccc2c1S3)B1c2ccccc2Sc2cccc(c21)S4. The molecular formula is C34H18B2S4. The number of hydrogen-bond donors (Lipinski definition) is 0. The third-order valence-electron chi connectivity index (χ3n) is 8.74. The molecule has 184 valence electrons. The molecule has 0 unspecified atom stereocenters. The van der Waals surface area contributed by atoms with E-state index in [0.29, 0.717) is 13.4 Å². The van der Waals surface area contributed by atoms with E-state index in [0.717, 1.165) is 0 Å². The zero-order chi connectivity index (χ0) is 25.9. The van der Waals surface area contributed by atoms with Crippen LogP contribution in [-0.2, 0) is 0 Å². The molecule has 0 radical (unpaired) electrons. The summed E-state index contributed by atoms with van der Waals surface area (Å²) < 4.78 is 0. The lowest BCUT2D eigenvalue weighted by molar-refractivity contribution is 1.33. The third-order valence-corrected chi connectivity index (χ3v) is 13.5. The van der Waals surface area contributed by atoms with Crippen LogP contribution in [0.15, 0.2) is 148 Å². The first-order chi connectivity index (χ1) is 19.8. The minimum absolute atomic E-state index is 0.290. The topological polar surface area (TPSA) is 0 Å². The molecule has 10 rings (SSSR count). The van der Waals surface area contributed by atoms with Crippen LogP contribution in [0.1, 0.15) is 0 Å². The van der Waals surface area contributed by atoms with Crippen LogP contribution in [0, 0.1) is 0 Å². The first kappa shape index (κ1) is 22.8. The highest BCUT2D eigenvalue weighted by Gasteiger charge is 2.41. The van der Waals surface area contributed by atoms with Gasteiger partial charge in [0, 0.05) is 39.2 Å². The van der Waals surface area contributed by atoms with E-state index in [-0.39, 0.29) is 0 Å². The Labute approximate surface area is 250 Å². The van der Waals surface area contributed by atoms with Gasteiger partial charge in [0.15, 0.2) is 0 Å². The highest BCUT2D eigenvalue weighted by Crippen LogP contribution is 2.44. The fraction of sp³-hybridized carbons (Fsp3) is 0. The zero-order valence-corrected chi connectivity index (χ0v) is 24.4. The lowest BCUT2D eigenvalue weighted by atomic mass is 9.36. The van der Waals surface area contributed by atoms with Gasteiger partial charge >= 0.3 is 0 Å². The van der Waals surface area contributed by atoms with E-state index in [2.05, 4.69) is 109 Å². The summed E-state index contributed by atoms with van der Waals surface area (Å²) in [6.45, 7) is 0.581. The first-order valence-corrected chi connectivity index (χ1v) is 16.8. The van der Waals surface area contributed by atoms with E-state index in [1.165, 1.54) is 82.7 Å². The number of benzene rings is 6. The van der Waals surface area contributed by atoms with Gasteiger partial charge in [0.1, 0.15) is 0 Å². The molecular weight excluding hydrogens is 558 g/mol. The Kier molecular flexibility index (Phi) is 4.74. The maximum Gasteiger partial charge on any atom is 0.247 e. The Morgan fingerprint density at radius 1 is 0.325 bits per heavy atom. The molecule has 0 fully saturated rings. The van der Waals surface area contributed by atoms with Crippen LogP contribution in [0.3, 0.4) is 0 Å². The van der Waals surface area contributed by atoms with Crippen molar-refractivity contribution in [1.29, 1.82) is 0 Å². The molecule has 0 aliphatic carbocycles. The summed E-state index contributed by atoms with van der Waals surface area (Å²) in [7, 11) is 0. The van der Waals surface area contributed by atoms with Gasteiger partial charge in [-0.3, -0.25) is 0 Å². The van der Waals surface area contributed by atoms with Crippen LogP contribution in [-0.4, -0.2) is 13.4 Å². The van der Waals surface area contributed by atoms with E-state index in [1.807, 2.05) is 47.0 Å². The number of hydrogen-bond acceptors (Lipinski definition) is 4. The van der Waals surface area contributed by atoms with Crippen LogP contribution >= 0.6 is 47.0 Å². The summed E-state index contributed by atoms with van der Waals surface area (Å²) in [6.07, 6.45) is 0. The second-order valence-corrected chi connectivity index (χ2v) is 15.0. The molecule has 4 aliphatic heterocycles. The highest BCUT2D eigenvalue weighted by atomic mass is 32.2. The van der Waals surface area contributed by atoms with Gasteiger partial charge in [-0.2, -0.15) is 0 Å². The van der Waals surface area contributed by atoms with Crippen molar-refractivity contribution in [2.24, 2.45) is 0 Å². The number of fused-ring (bicyclic) bond motifs is 11. The third kappa shape index (κ3) is 2.98. The predicted octanol–water partition coefficient (Wildman–Crippen LogP) is 5.73. The van der Waals surface area contributed by atoms with Crippen molar-refractivity contribution in [1.82, 2.24) is 0 Å². The molecule has 0 nitrogen and oxygen atoms in total. The molecule has 6 aromatic rings. The van der Waals surface area contributed by atoms with Crippen molar-refractivity contribution in [3.63, 3.8) is 0 Å². The first-order valence-electron chi connectivity index (χ1n) is 13.6. The van der Waals surface area contributed by atoms with E-state index in [1.54, 1.807) is 0 Å². The minimum Gasteiger partial charge on any atom is -0.0911 e. The maximum atomic E-state index is 2.44. The monoisotopic (exact) mass is 576 g/mol. The van der Waals surface area contributed by atoms with Crippen molar-refractivity contribution in [2.45, 2.75) is 39.2 Å². The van der Waals surface area contributed by atoms with E-state index >= 15 is 0 Å². The predicted molar refractivity (Wildman–Crippen MR) is 176 cm³/mol. The lowest BCUT2D eigenvalue weighted by Crippen LogP contribution is -2.58.